The monoisotopic (exact) mass is 311 g/mol. The van der Waals surface area contributed by atoms with Gasteiger partial charge in [0.2, 0.25) is 16.3 Å². The molecule has 0 aromatic carbocycles. The summed E-state index contributed by atoms with van der Waals surface area (Å²) in [6, 6.07) is -1.36. The quantitative estimate of drug-likeness (QED) is 0.225. The van der Waals surface area contributed by atoms with Crippen LogP contribution in [0.15, 0.2) is 11.8 Å². The summed E-state index contributed by atoms with van der Waals surface area (Å²) in [4.78, 5) is 26.0. The van der Waals surface area contributed by atoms with Gasteiger partial charge in [-0.3, -0.25) is 4.79 Å². The average molecular weight is 311 g/mol. The van der Waals surface area contributed by atoms with E-state index in [4.69, 9.17) is 0 Å². The fourth-order valence-corrected chi connectivity index (χ4v) is 2.73. The molecule has 0 aliphatic carbocycles. The molecule has 3 aliphatic rings. The number of fused-ring (bicyclic) bond motifs is 2. The van der Waals surface area contributed by atoms with Crippen molar-refractivity contribution in [3.05, 3.63) is 11.8 Å². The molecule has 104 valence electrons. The van der Waals surface area contributed by atoms with Gasteiger partial charge in [0.15, 0.2) is 0 Å². The van der Waals surface area contributed by atoms with Gasteiger partial charge in [0.25, 0.3) is 0 Å². The van der Waals surface area contributed by atoms with Crippen molar-refractivity contribution in [1.29, 1.82) is 0 Å². The van der Waals surface area contributed by atoms with Gasteiger partial charge in [0.1, 0.15) is 6.04 Å². The second kappa shape index (κ2) is 5.28. The van der Waals surface area contributed by atoms with Gasteiger partial charge in [-0.1, -0.05) is 0 Å². The molecule has 3 heterocycles. The normalized spacial score (nSPS) is 25.4. The molecule has 20 heavy (non-hydrogen) atoms. The Morgan fingerprint density at radius 1 is 1.35 bits per heavy atom. The Balaban J connectivity index is 0.00000147. The number of likely N-dealkylation sites (tertiary alicyclic amines) is 1. The molecule has 1 unspecified atom stereocenters. The second-order valence-corrected chi connectivity index (χ2v) is 5.46. The molecule has 0 N–H and O–H groups in total. The molecule has 1 atom stereocenters. The van der Waals surface area contributed by atoms with Gasteiger partial charge in [0.05, 0.1) is 6.54 Å². The van der Waals surface area contributed by atoms with E-state index in [9.17, 15) is 22.6 Å². The number of rotatable bonds is 3. The summed E-state index contributed by atoms with van der Waals surface area (Å²) in [5.41, 5.74) is 0.634. The molecule has 0 saturated carbocycles. The van der Waals surface area contributed by atoms with Crippen LogP contribution >= 0.6 is 0 Å². The van der Waals surface area contributed by atoms with E-state index < -0.39 is 22.5 Å². The summed E-state index contributed by atoms with van der Waals surface area (Å²) in [7, 11) is -5.00. The summed E-state index contributed by atoms with van der Waals surface area (Å²) in [5, 5.41) is 0.541. The first-order chi connectivity index (χ1) is 8.85. The van der Waals surface area contributed by atoms with Crippen LogP contribution in [-0.4, -0.2) is 65.4 Å². The van der Waals surface area contributed by atoms with Crippen LogP contribution in [0.2, 0.25) is 0 Å². The van der Waals surface area contributed by atoms with Crippen LogP contribution in [0.4, 0.5) is 4.79 Å². The second-order valence-electron chi connectivity index (χ2n) is 4.49. The molecule has 0 aromatic heterocycles. The third kappa shape index (κ3) is 2.71. The number of amides is 3. The minimum Gasteiger partial charge on any atom is -0.724 e. The van der Waals surface area contributed by atoms with Crippen LogP contribution in [0.3, 0.4) is 0 Å². The molecular weight excluding hydrogens is 301 g/mol. The maximum absolute atomic E-state index is 11.8. The first kappa shape index (κ1) is 15.7. The minimum absolute atomic E-state index is 0. The van der Waals surface area contributed by atoms with Crippen LogP contribution in [0.5, 0.6) is 0 Å². The summed E-state index contributed by atoms with van der Waals surface area (Å²) in [6.45, 7) is 1.03. The number of carbonyl (C=O) groups is 2. The Morgan fingerprint density at radius 3 is 2.55 bits per heavy atom. The minimum atomic E-state index is -5.00. The van der Waals surface area contributed by atoms with Gasteiger partial charge in [0, 0.05) is 25.2 Å². The van der Waals surface area contributed by atoms with E-state index >= 15 is 0 Å². The largest absolute Gasteiger partial charge is 1.00 e. The Labute approximate surface area is 137 Å². The van der Waals surface area contributed by atoms with Crippen molar-refractivity contribution in [3.8, 4) is 0 Å². The van der Waals surface area contributed by atoms with Crippen molar-refractivity contribution < 1.29 is 56.4 Å². The van der Waals surface area contributed by atoms with E-state index in [1.807, 2.05) is 0 Å². The maximum atomic E-state index is 11.8. The fraction of sp³-hybridized carbons (Fsp3) is 0.556. The van der Waals surface area contributed by atoms with Gasteiger partial charge in [-0.15, -0.1) is 0 Å². The number of hydrogen-bond donors (Lipinski definition) is 0. The molecule has 0 spiro atoms. The number of nitrogens with zero attached hydrogens (tertiary/aromatic N) is 3. The van der Waals surface area contributed by atoms with Crippen LogP contribution in [-0.2, 0) is 19.5 Å². The molecule has 0 aromatic rings. The van der Waals surface area contributed by atoms with Crippen LogP contribution in [0.1, 0.15) is 6.42 Å². The zero-order chi connectivity index (χ0) is 13.8. The van der Waals surface area contributed by atoms with Gasteiger partial charge < -0.3 is 14.4 Å². The summed E-state index contributed by atoms with van der Waals surface area (Å²) >= 11 is 0. The molecule has 3 rings (SSSR count). The van der Waals surface area contributed by atoms with Gasteiger partial charge in [-0.2, -0.15) is 9.35 Å². The smallest absolute Gasteiger partial charge is 0.724 e. The molecule has 2 fully saturated rings. The van der Waals surface area contributed by atoms with Crippen molar-refractivity contribution in [2.75, 3.05) is 19.6 Å². The molecule has 11 heteroatoms. The Kier molecular flexibility index (Phi) is 4.15. The fourth-order valence-electron chi connectivity index (χ4n) is 2.36. The van der Waals surface area contributed by atoms with Gasteiger partial charge in [-0.25, -0.2) is 13.2 Å². The number of carbonyl (C=O) groups excluding carboxylic acids is 2. The number of hydrogen-bond acceptors (Lipinski definition) is 6. The number of hydroxylamine groups is 2. The third-order valence-corrected chi connectivity index (χ3v) is 3.62. The Bertz CT molecular complexity index is 590. The van der Waals surface area contributed by atoms with Crippen LogP contribution in [0.25, 0.3) is 0 Å². The molecular formula is C9H10N3NaO6S. The average Bonchev–Trinajstić information content (AvgIpc) is 2.50. The molecule has 0 radical (unpaired) electrons. The maximum Gasteiger partial charge on any atom is 1.00 e. The van der Waals surface area contributed by atoms with E-state index in [1.54, 1.807) is 6.08 Å². The van der Waals surface area contributed by atoms with Crippen LogP contribution in [0, 0.1) is 0 Å². The van der Waals surface area contributed by atoms with Crippen molar-refractivity contribution in [3.63, 3.8) is 0 Å². The van der Waals surface area contributed by atoms with Gasteiger partial charge >= 0.3 is 35.6 Å². The summed E-state index contributed by atoms with van der Waals surface area (Å²) < 4.78 is 35.9. The van der Waals surface area contributed by atoms with E-state index in [2.05, 4.69) is 4.28 Å². The molecule has 3 aliphatic heterocycles. The van der Waals surface area contributed by atoms with E-state index in [1.165, 1.54) is 9.80 Å². The van der Waals surface area contributed by atoms with E-state index in [0.29, 0.717) is 23.7 Å². The SMILES string of the molecule is O=C1CCN1C1=CC2CN(C1)C(=O)N2OS(=O)(=O)[O-].[Na+]. The zero-order valence-corrected chi connectivity index (χ0v) is 13.5. The summed E-state index contributed by atoms with van der Waals surface area (Å²) in [6.07, 6.45) is 2.05. The molecule has 9 nitrogen and oxygen atoms in total. The first-order valence-corrected chi connectivity index (χ1v) is 6.93. The third-order valence-electron chi connectivity index (χ3n) is 3.27. The van der Waals surface area contributed by atoms with Gasteiger partial charge in [-0.05, 0) is 6.08 Å². The topological polar surface area (TPSA) is 110 Å². The van der Waals surface area contributed by atoms with Crippen molar-refractivity contribution in [2.24, 2.45) is 0 Å². The van der Waals surface area contributed by atoms with Crippen molar-refractivity contribution in [2.45, 2.75) is 12.5 Å². The van der Waals surface area contributed by atoms with Crippen LogP contribution < -0.4 is 29.6 Å². The molecule has 2 bridgehead atoms. The summed E-state index contributed by atoms with van der Waals surface area (Å²) in [5.74, 6) is -0.0369. The Morgan fingerprint density at radius 2 is 2.05 bits per heavy atom. The first-order valence-electron chi connectivity index (χ1n) is 5.60. The predicted octanol–water partition coefficient (Wildman–Crippen LogP) is -4.38. The zero-order valence-electron chi connectivity index (χ0n) is 10.7. The van der Waals surface area contributed by atoms with E-state index in [0.717, 1.165) is 0 Å². The molecule has 3 amide bonds. The number of β-lactam (4-membered cyclic amide) rings is 1. The van der Waals surface area contributed by atoms with Crippen molar-refractivity contribution >= 4 is 22.3 Å². The number of urea groups is 1. The Hall–Kier alpha value is -0.650. The standard InChI is InChI=1S/C9H11N3O6S.Na/c13-8-1-2-11(8)6-3-7-5-10(4-6)9(14)12(7)18-19(15,16)17;/h3,7H,1-2,4-5H2,(H,15,16,17);/q;+1/p-1. The van der Waals surface area contributed by atoms with E-state index in [-0.39, 0.29) is 48.6 Å². The van der Waals surface area contributed by atoms with Crippen molar-refractivity contribution in [1.82, 2.24) is 14.9 Å². The predicted molar refractivity (Wildman–Crippen MR) is 57.8 cm³/mol. The molecule has 2 saturated heterocycles.